The topological polar surface area (TPSA) is 58.1 Å². The van der Waals surface area contributed by atoms with Crippen molar-refractivity contribution in [1.29, 1.82) is 0 Å². The number of benzene rings is 1. The van der Waals surface area contributed by atoms with E-state index in [1.165, 1.54) is 11.1 Å². The molecule has 1 rings (SSSR count). The number of hydrogen-bond donors (Lipinski definition) is 2. The van der Waals surface area contributed by atoms with Crippen molar-refractivity contribution >= 4 is 29.9 Å². The van der Waals surface area contributed by atoms with Crippen molar-refractivity contribution < 1.29 is 9.47 Å². The summed E-state index contributed by atoms with van der Waals surface area (Å²) in [5.41, 5.74) is 2.47. The SMILES string of the molecule is CCNC(=NCCCN(C)CCOC)NCCc1cc(C)ccc1OC.I. The average Bonchev–Trinajstić information content (AvgIpc) is 2.63. The minimum atomic E-state index is 0. The van der Waals surface area contributed by atoms with Crippen molar-refractivity contribution in [1.82, 2.24) is 15.5 Å². The highest BCUT2D eigenvalue weighted by Gasteiger charge is 2.04. The van der Waals surface area contributed by atoms with Crippen LogP contribution in [0.2, 0.25) is 0 Å². The molecule has 0 aliphatic heterocycles. The van der Waals surface area contributed by atoms with Gasteiger partial charge in [0.05, 0.1) is 13.7 Å². The Hall–Kier alpha value is -1.06. The maximum Gasteiger partial charge on any atom is 0.191 e. The minimum Gasteiger partial charge on any atom is -0.496 e. The second-order valence-corrected chi connectivity index (χ2v) is 6.40. The first-order valence-electron chi connectivity index (χ1n) is 9.43. The fourth-order valence-corrected chi connectivity index (χ4v) is 2.65. The molecule has 0 heterocycles. The summed E-state index contributed by atoms with van der Waals surface area (Å²) in [6.07, 6.45) is 1.93. The predicted molar refractivity (Wildman–Crippen MR) is 125 cm³/mol. The molecule has 0 fully saturated rings. The number of ether oxygens (including phenoxy) is 2. The number of likely N-dealkylation sites (N-methyl/N-ethyl adjacent to an activating group) is 1. The molecule has 0 bridgehead atoms. The molecule has 0 radical (unpaired) electrons. The van der Waals surface area contributed by atoms with Crippen molar-refractivity contribution in [3.63, 3.8) is 0 Å². The Balaban J connectivity index is 0.00000676. The van der Waals surface area contributed by atoms with Crippen molar-refractivity contribution in [2.45, 2.75) is 26.7 Å². The third kappa shape index (κ3) is 11.4. The van der Waals surface area contributed by atoms with Gasteiger partial charge in [0.15, 0.2) is 5.96 Å². The first-order valence-corrected chi connectivity index (χ1v) is 9.43. The lowest BCUT2D eigenvalue weighted by molar-refractivity contribution is 0.161. The predicted octanol–water partition coefficient (Wildman–Crippen LogP) is 2.69. The van der Waals surface area contributed by atoms with Gasteiger partial charge in [-0.2, -0.15) is 0 Å². The van der Waals surface area contributed by atoms with Crippen molar-refractivity contribution in [3.05, 3.63) is 29.3 Å². The fraction of sp³-hybridized carbons (Fsp3) is 0.650. The highest BCUT2D eigenvalue weighted by Crippen LogP contribution is 2.19. The molecular formula is C20H37IN4O2. The quantitative estimate of drug-likeness (QED) is 0.204. The molecule has 0 atom stereocenters. The van der Waals surface area contributed by atoms with Crippen LogP contribution in [0.1, 0.15) is 24.5 Å². The van der Waals surface area contributed by atoms with Gasteiger partial charge in [-0.3, -0.25) is 4.99 Å². The van der Waals surface area contributed by atoms with E-state index in [9.17, 15) is 0 Å². The van der Waals surface area contributed by atoms with Crippen LogP contribution in [0.15, 0.2) is 23.2 Å². The molecule has 0 amide bonds. The van der Waals surface area contributed by atoms with E-state index in [1.54, 1.807) is 14.2 Å². The van der Waals surface area contributed by atoms with Gasteiger partial charge >= 0.3 is 0 Å². The number of nitrogens with zero attached hydrogens (tertiary/aromatic N) is 2. The van der Waals surface area contributed by atoms with Crippen LogP contribution >= 0.6 is 24.0 Å². The molecule has 6 nitrogen and oxygen atoms in total. The largest absolute Gasteiger partial charge is 0.496 e. The number of guanidine groups is 1. The molecule has 0 saturated carbocycles. The van der Waals surface area contributed by atoms with Gasteiger partial charge in [0.25, 0.3) is 0 Å². The Morgan fingerprint density at radius 2 is 1.96 bits per heavy atom. The van der Waals surface area contributed by atoms with Gasteiger partial charge in [-0.15, -0.1) is 24.0 Å². The van der Waals surface area contributed by atoms with E-state index in [0.29, 0.717) is 0 Å². The lowest BCUT2D eigenvalue weighted by atomic mass is 10.1. The summed E-state index contributed by atoms with van der Waals surface area (Å²) in [5, 5.41) is 6.72. The molecule has 1 aromatic rings. The van der Waals surface area contributed by atoms with Gasteiger partial charge in [-0.25, -0.2) is 0 Å². The monoisotopic (exact) mass is 492 g/mol. The lowest BCUT2D eigenvalue weighted by Crippen LogP contribution is -2.38. The number of methoxy groups -OCH3 is 2. The molecule has 0 aliphatic carbocycles. The fourth-order valence-electron chi connectivity index (χ4n) is 2.65. The Bertz CT molecular complexity index is 541. The second-order valence-electron chi connectivity index (χ2n) is 6.40. The summed E-state index contributed by atoms with van der Waals surface area (Å²) < 4.78 is 10.5. The van der Waals surface area contributed by atoms with E-state index in [-0.39, 0.29) is 24.0 Å². The van der Waals surface area contributed by atoms with E-state index in [0.717, 1.165) is 63.9 Å². The lowest BCUT2D eigenvalue weighted by Gasteiger charge is -2.16. The van der Waals surface area contributed by atoms with Gasteiger partial charge in [-0.1, -0.05) is 17.7 Å². The molecule has 0 saturated heterocycles. The van der Waals surface area contributed by atoms with Crippen LogP contribution in [-0.2, 0) is 11.2 Å². The standard InChI is InChI=1S/C20H36N4O2.HI/c1-6-21-20(22-11-7-13-24(3)14-15-25-4)23-12-10-18-16-17(2)8-9-19(18)26-5;/h8-9,16H,6-7,10-15H2,1-5H3,(H2,21,22,23);1H. The van der Waals surface area contributed by atoms with Crippen LogP contribution in [0.3, 0.4) is 0 Å². The third-order valence-corrected chi connectivity index (χ3v) is 4.11. The molecule has 0 aliphatic rings. The maximum atomic E-state index is 5.45. The number of aryl methyl sites for hydroxylation is 1. The molecule has 156 valence electrons. The van der Waals surface area contributed by atoms with Gasteiger partial charge in [0.2, 0.25) is 0 Å². The van der Waals surface area contributed by atoms with Crippen LogP contribution < -0.4 is 15.4 Å². The van der Waals surface area contributed by atoms with Gasteiger partial charge < -0.3 is 25.0 Å². The number of halogens is 1. The number of nitrogens with one attached hydrogen (secondary N) is 2. The summed E-state index contributed by atoms with van der Waals surface area (Å²) in [5.74, 6) is 1.82. The van der Waals surface area contributed by atoms with E-state index >= 15 is 0 Å². The maximum absolute atomic E-state index is 5.45. The van der Waals surface area contributed by atoms with E-state index in [4.69, 9.17) is 9.47 Å². The first kappa shape index (κ1) is 25.9. The van der Waals surface area contributed by atoms with Crippen LogP contribution in [0.25, 0.3) is 0 Å². The molecular weight excluding hydrogens is 455 g/mol. The van der Waals surface area contributed by atoms with E-state index in [2.05, 4.69) is 53.6 Å². The molecule has 1 aromatic carbocycles. The zero-order chi connectivity index (χ0) is 19.2. The molecule has 27 heavy (non-hydrogen) atoms. The summed E-state index contributed by atoms with van der Waals surface area (Å²) in [7, 11) is 5.57. The van der Waals surface area contributed by atoms with Crippen LogP contribution in [0.4, 0.5) is 0 Å². The zero-order valence-corrected chi connectivity index (χ0v) is 19.8. The molecule has 0 spiro atoms. The Labute approximate surface area is 182 Å². The molecule has 2 N–H and O–H groups in total. The second kappa shape index (κ2) is 15.9. The Kier molecular flexibility index (Phi) is 15.3. The number of hydrogen-bond acceptors (Lipinski definition) is 4. The summed E-state index contributed by atoms with van der Waals surface area (Å²) in [4.78, 5) is 6.93. The molecule has 7 heteroatoms. The van der Waals surface area contributed by atoms with E-state index < -0.39 is 0 Å². The van der Waals surface area contributed by atoms with Crippen LogP contribution in [0, 0.1) is 6.92 Å². The minimum absolute atomic E-state index is 0. The molecule has 0 aromatic heterocycles. The smallest absolute Gasteiger partial charge is 0.191 e. The Morgan fingerprint density at radius 3 is 2.63 bits per heavy atom. The van der Waals surface area contributed by atoms with Gasteiger partial charge in [0, 0.05) is 33.3 Å². The van der Waals surface area contributed by atoms with Crippen molar-refractivity contribution in [2.75, 3.05) is 60.6 Å². The number of aliphatic imine (C=N–C) groups is 1. The summed E-state index contributed by atoms with van der Waals surface area (Å²) >= 11 is 0. The van der Waals surface area contributed by atoms with Crippen LogP contribution in [0.5, 0.6) is 5.75 Å². The van der Waals surface area contributed by atoms with Gasteiger partial charge in [-0.05, 0) is 51.9 Å². The average molecular weight is 492 g/mol. The summed E-state index contributed by atoms with van der Waals surface area (Å²) in [6, 6.07) is 6.29. The highest BCUT2D eigenvalue weighted by atomic mass is 127. The van der Waals surface area contributed by atoms with Crippen molar-refractivity contribution in [3.8, 4) is 5.75 Å². The Morgan fingerprint density at radius 1 is 1.19 bits per heavy atom. The molecule has 0 unspecified atom stereocenters. The van der Waals surface area contributed by atoms with Crippen LogP contribution in [-0.4, -0.2) is 71.5 Å². The number of rotatable bonds is 12. The van der Waals surface area contributed by atoms with Gasteiger partial charge in [0.1, 0.15) is 5.75 Å². The van der Waals surface area contributed by atoms with Crippen molar-refractivity contribution in [2.24, 2.45) is 4.99 Å². The first-order chi connectivity index (χ1) is 12.6. The zero-order valence-electron chi connectivity index (χ0n) is 17.5. The highest BCUT2D eigenvalue weighted by molar-refractivity contribution is 14.0. The summed E-state index contributed by atoms with van der Waals surface area (Å²) in [6.45, 7) is 9.41. The normalized spacial score (nSPS) is 11.3. The third-order valence-electron chi connectivity index (χ3n) is 4.11. The van der Waals surface area contributed by atoms with E-state index in [1.807, 2.05) is 6.07 Å².